The van der Waals surface area contributed by atoms with E-state index in [0.717, 1.165) is 5.56 Å². The van der Waals surface area contributed by atoms with Crippen LogP contribution in [0.3, 0.4) is 0 Å². The largest absolute Gasteiger partial charge is 0.469 e. The van der Waals surface area contributed by atoms with Crippen LogP contribution in [-0.4, -0.2) is 44.9 Å². The normalized spacial score (nSPS) is 33.7. The van der Waals surface area contributed by atoms with E-state index in [1.165, 1.54) is 14.2 Å². The highest BCUT2D eigenvalue weighted by molar-refractivity contribution is 5.90. The number of esters is 2. The van der Waals surface area contributed by atoms with Crippen molar-refractivity contribution in [2.45, 2.75) is 6.04 Å². The average Bonchev–Trinajstić information content (AvgIpc) is 3.09. The van der Waals surface area contributed by atoms with Crippen LogP contribution in [-0.2, 0) is 23.9 Å². The molecule has 2 aliphatic rings. The maximum atomic E-state index is 12.1. The van der Waals surface area contributed by atoms with E-state index >= 15 is 0 Å². The number of rotatable bonds is 3. The summed E-state index contributed by atoms with van der Waals surface area (Å²) < 4.78 is 9.77. The van der Waals surface area contributed by atoms with Gasteiger partial charge in [0, 0.05) is 12.5 Å². The molecule has 1 saturated carbocycles. The van der Waals surface area contributed by atoms with Gasteiger partial charge in [0.05, 0.1) is 38.7 Å². The zero-order valence-electron chi connectivity index (χ0n) is 12.8. The van der Waals surface area contributed by atoms with Crippen molar-refractivity contribution in [1.29, 1.82) is 0 Å². The first-order valence-electron chi connectivity index (χ1n) is 7.14. The van der Waals surface area contributed by atoms with Gasteiger partial charge in [-0.2, -0.15) is 5.06 Å². The van der Waals surface area contributed by atoms with Crippen LogP contribution in [0.4, 0.5) is 0 Å². The van der Waals surface area contributed by atoms with Crippen LogP contribution < -0.4 is 0 Å². The molecule has 0 radical (unpaired) electrons. The van der Waals surface area contributed by atoms with E-state index in [4.69, 9.17) is 14.3 Å². The molecule has 0 bridgehead atoms. The molecule has 3 rings (SSSR count). The number of carbonyl (C=O) groups excluding carboxylic acids is 2. The quantitative estimate of drug-likeness (QED) is 0.782. The van der Waals surface area contributed by atoms with Crippen molar-refractivity contribution in [3.8, 4) is 0 Å². The predicted molar refractivity (Wildman–Crippen MR) is 76.3 cm³/mol. The molecule has 0 aromatic heterocycles. The summed E-state index contributed by atoms with van der Waals surface area (Å²) in [4.78, 5) is 30.0. The summed E-state index contributed by atoms with van der Waals surface area (Å²) in [7, 11) is 4.48. The van der Waals surface area contributed by atoms with Crippen LogP contribution in [0.25, 0.3) is 0 Å². The zero-order chi connectivity index (χ0) is 15.9. The van der Waals surface area contributed by atoms with Gasteiger partial charge >= 0.3 is 11.9 Å². The van der Waals surface area contributed by atoms with Crippen molar-refractivity contribution in [3.05, 3.63) is 35.9 Å². The van der Waals surface area contributed by atoms with Crippen molar-refractivity contribution in [3.63, 3.8) is 0 Å². The minimum absolute atomic E-state index is 0.193. The molecular formula is C16H19NO5. The van der Waals surface area contributed by atoms with Crippen molar-refractivity contribution >= 4 is 11.9 Å². The van der Waals surface area contributed by atoms with Gasteiger partial charge < -0.3 is 9.47 Å². The van der Waals surface area contributed by atoms with Crippen LogP contribution in [0.1, 0.15) is 11.6 Å². The predicted octanol–water partition coefficient (Wildman–Crippen LogP) is 1.18. The molecule has 3 atom stereocenters. The van der Waals surface area contributed by atoms with Gasteiger partial charge in [-0.25, -0.2) is 0 Å². The van der Waals surface area contributed by atoms with E-state index in [1.807, 2.05) is 37.4 Å². The maximum Gasteiger partial charge on any atom is 0.310 e. The summed E-state index contributed by atoms with van der Waals surface area (Å²) >= 11 is 0. The molecule has 118 valence electrons. The third-order valence-electron chi connectivity index (χ3n) is 4.80. The van der Waals surface area contributed by atoms with E-state index in [2.05, 4.69) is 0 Å². The van der Waals surface area contributed by atoms with Crippen LogP contribution in [0.2, 0.25) is 0 Å². The number of benzene rings is 1. The van der Waals surface area contributed by atoms with E-state index < -0.39 is 29.2 Å². The lowest BCUT2D eigenvalue weighted by Gasteiger charge is -2.23. The highest BCUT2D eigenvalue weighted by Gasteiger charge is 2.79. The van der Waals surface area contributed by atoms with Crippen molar-refractivity contribution in [2.24, 2.45) is 17.3 Å². The molecule has 1 aromatic rings. The van der Waals surface area contributed by atoms with Gasteiger partial charge in [-0.05, 0) is 5.56 Å². The molecule has 1 aliphatic heterocycles. The van der Waals surface area contributed by atoms with Gasteiger partial charge in [0.15, 0.2) is 0 Å². The van der Waals surface area contributed by atoms with Gasteiger partial charge in [-0.15, -0.1) is 0 Å². The standard InChI is InChI=1S/C16H19NO5/c1-17-13(10-7-5-4-6-8-10)16(9-22-17)11(14(18)20-2)12(16)15(19)21-3/h4-8,11-13H,9H2,1-3H3/t11-,12-,13-/m0/s1. The highest BCUT2D eigenvalue weighted by Crippen LogP contribution is 2.70. The number of carbonyl (C=O) groups is 2. The molecule has 1 spiro atoms. The number of ether oxygens (including phenoxy) is 2. The van der Waals surface area contributed by atoms with Crippen LogP contribution >= 0.6 is 0 Å². The molecule has 0 unspecified atom stereocenters. The Balaban J connectivity index is 2.02. The Bertz CT molecular complexity index is 565. The topological polar surface area (TPSA) is 65.1 Å². The maximum absolute atomic E-state index is 12.1. The molecule has 6 heteroatoms. The lowest BCUT2D eigenvalue weighted by molar-refractivity contribution is -0.148. The van der Waals surface area contributed by atoms with Gasteiger partial charge in [0.1, 0.15) is 0 Å². The van der Waals surface area contributed by atoms with Crippen LogP contribution in [0.15, 0.2) is 30.3 Å². The lowest BCUT2D eigenvalue weighted by Crippen LogP contribution is -2.25. The van der Waals surface area contributed by atoms with Crippen molar-refractivity contribution in [1.82, 2.24) is 5.06 Å². The number of methoxy groups -OCH3 is 2. The molecule has 0 N–H and O–H groups in total. The summed E-state index contributed by atoms with van der Waals surface area (Å²) in [5.74, 6) is -1.87. The second-order valence-electron chi connectivity index (χ2n) is 5.75. The highest BCUT2D eigenvalue weighted by atomic mass is 16.7. The minimum atomic E-state index is -0.629. The fourth-order valence-electron chi connectivity index (χ4n) is 3.80. The fraction of sp³-hybridized carbons (Fsp3) is 0.500. The molecule has 1 aromatic carbocycles. The zero-order valence-corrected chi connectivity index (χ0v) is 12.8. The fourth-order valence-corrected chi connectivity index (χ4v) is 3.80. The Hall–Kier alpha value is -1.92. The Labute approximate surface area is 128 Å². The first-order chi connectivity index (χ1) is 10.6. The monoisotopic (exact) mass is 305 g/mol. The van der Waals surface area contributed by atoms with Gasteiger partial charge in [0.2, 0.25) is 0 Å². The smallest absolute Gasteiger partial charge is 0.310 e. The number of hydroxylamine groups is 2. The second-order valence-corrected chi connectivity index (χ2v) is 5.75. The van der Waals surface area contributed by atoms with Gasteiger partial charge in [-0.1, -0.05) is 30.3 Å². The molecular weight excluding hydrogens is 286 g/mol. The van der Waals surface area contributed by atoms with Crippen molar-refractivity contribution < 1.29 is 23.9 Å². The Morgan fingerprint density at radius 3 is 2.18 bits per heavy atom. The SMILES string of the molecule is COC(=O)[C@@H]1[C@@H](C(=O)OC)C12CON(C)[C@H]2c1ccccc1. The van der Waals surface area contributed by atoms with Crippen LogP contribution in [0.5, 0.6) is 0 Å². The molecule has 1 heterocycles. The Morgan fingerprint density at radius 1 is 1.14 bits per heavy atom. The minimum Gasteiger partial charge on any atom is -0.469 e. The van der Waals surface area contributed by atoms with Crippen molar-refractivity contribution in [2.75, 3.05) is 27.9 Å². The van der Waals surface area contributed by atoms with E-state index in [1.54, 1.807) is 5.06 Å². The molecule has 6 nitrogen and oxygen atoms in total. The first kappa shape index (κ1) is 15.0. The molecule has 0 amide bonds. The summed E-state index contributed by atoms with van der Waals surface area (Å²) in [6, 6.07) is 9.53. The number of hydrogen-bond acceptors (Lipinski definition) is 6. The number of hydrogen-bond donors (Lipinski definition) is 0. The van der Waals surface area contributed by atoms with Crippen LogP contribution in [0, 0.1) is 17.3 Å². The van der Waals surface area contributed by atoms with Gasteiger partial charge in [-0.3, -0.25) is 14.4 Å². The van der Waals surface area contributed by atoms with E-state index in [0.29, 0.717) is 6.61 Å². The molecule has 2 fully saturated rings. The molecule has 1 aliphatic carbocycles. The summed E-state index contributed by atoms with van der Waals surface area (Å²) in [5, 5.41) is 1.72. The first-order valence-corrected chi connectivity index (χ1v) is 7.14. The Morgan fingerprint density at radius 2 is 1.68 bits per heavy atom. The number of nitrogens with zero attached hydrogens (tertiary/aromatic N) is 1. The summed E-state index contributed by atoms with van der Waals surface area (Å²) in [5.41, 5.74) is 0.374. The third kappa shape index (κ3) is 1.94. The van der Waals surface area contributed by atoms with E-state index in [9.17, 15) is 9.59 Å². The average molecular weight is 305 g/mol. The molecule has 1 saturated heterocycles. The second kappa shape index (κ2) is 5.37. The van der Waals surface area contributed by atoms with E-state index in [-0.39, 0.29) is 6.04 Å². The molecule has 22 heavy (non-hydrogen) atoms. The van der Waals surface area contributed by atoms with Gasteiger partial charge in [0.25, 0.3) is 0 Å². The lowest BCUT2D eigenvalue weighted by atomic mass is 9.88. The summed E-state index contributed by atoms with van der Waals surface area (Å²) in [6.45, 7) is 0.294. The third-order valence-corrected chi connectivity index (χ3v) is 4.80. The summed E-state index contributed by atoms with van der Waals surface area (Å²) in [6.07, 6.45) is 0. The Kier molecular flexibility index (Phi) is 3.66.